The molecule has 0 aromatic heterocycles. The Morgan fingerprint density at radius 2 is 1.31 bits per heavy atom. The van der Waals surface area contributed by atoms with Crippen molar-refractivity contribution in [3.8, 4) is 0 Å². The third kappa shape index (κ3) is 11.7. The van der Waals surface area contributed by atoms with Crippen LogP contribution in [0.5, 0.6) is 0 Å². The van der Waals surface area contributed by atoms with E-state index < -0.39 is 32.2 Å². The summed E-state index contributed by atoms with van der Waals surface area (Å²) in [5, 5.41) is 35.1. The minimum atomic E-state index is -4.64. The highest BCUT2D eigenvalue weighted by Gasteiger charge is 2.27. The molecule has 0 saturated heterocycles. The minimum Gasteiger partial charge on any atom is -0.391 e. The van der Waals surface area contributed by atoms with Crippen LogP contribution in [-0.2, 0) is 9.36 Å². The Labute approximate surface area is 90.8 Å². The van der Waals surface area contributed by atoms with Crippen LogP contribution in [0, 0.1) is 0 Å². The second-order valence-corrected chi connectivity index (χ2v) is 3.89. The highest BCUT2D eigenvalue weighted by atomic mass is 31.2. The van der Waals surface area contributed by atoms with Gasteiger partial charge >= 0.3 is 7.82 Å². The lowest BCUT2D eigenvalue weighted by Crippen LogP contribution is -2.43. The van der Waals surface area contributed by atoms with E-state index in [0.717, 1.165) is 0 Å². The standard InChI is InChI=1S/C6H12O5.H3O4P/c1-3(8)5(10)6(11)4(9)2-7;1-5(2,3)4/h2-6,8-11H,1H3;(H3,1,2,3,4)/t3-,4-,5-,6-;/m0./s1. The summed E-state index contributed by atoms with van der Waals surface area (Å²) in [5.74, 6) is 0. The van der Waals surface area contributed by atoms with Gasteiger partial charge in [-0.2, -0.15) is 0 Å². The fraction of sp³-hybridized carbons (Fsp3) is 0.833. The van der Waals surface area contributed by atoms with Gasteiger partial charge in [0.25, 0.3) is 0 Å². The van der Waals surface area contributed by atoms with E-state index in [1.165, 1.54) is 6.92 Å². The van der Waals surface area contributed by atoms with Crippen LogP contribution in [0.1, 0.15) is 6.92 Å². The molecule has 0 aliphatic heterocycles. The number of phosphoric acid groups is 1. The Morgan fingerprint density at radius 1 is 1.00 bits per heavy atom. The van der Waals surface area contributed by atoms with Crippen LogP contribution in [-0.4, -0.2) is 65.8 Å². The van der Waals surface area contributed by atoms with Crippen LogP contribution in [0.3, 0.4) is 0 Å². The second-order valence-electron chi connectivity index (χ2n) is 2.86. The molecule has 16 heavy (non-hydrogen) atoms. The van der Waals surface area contributed by atoms with Gasteiger partial charge in [-0.05, 0) is 6.92 Å². The molecule has 0 saturated carbocycles. The number of rotatable bonds is 4. The number of carbonyl (C=O) groups is 1. The van der Waals surface area contributed by atoms with Gasteiger partial charge in [-0.3, -0.25) is 0 Å². The maximum atomic E-state index is 9.87. The molecule has 7 N–H and O–H groups in total. The van der Waals surface area contributed by atoms with Gasteiger partial charge in [0.05, 0.1) is 6.10 Å². The van der Waals surface area contributed by atoms with Crippen LogP contribution in [0.15, 0.2) is 0 Å². The molecule has 9 nitrogen and oxygen atoms in total. The van der Waals surface area contributed by atoms with Crippen LogP contribution in [0.25, 0.3) is 0 Å². The van der Waals surface area contributed by atoms with Crippen molar-refractivity contribution in [1.82, 2.24) is 0 Å². The molecule has 0 heterocycles. The first-order chi connectivity index (χ1) is 7.00. The fourth-order valence-corrected chi connectivity index (χ4v) is 0.568. The minimum absolute atomic E-state index is 0.0935. The summed E-state index contributed by atoms with van der Waals surface area (Å²) in [6.45, 7) is 1.24. The highest BCUT2D eigenvalue weighted by molar-refractivity contribution is 7.45. The predicted octanol–water partition coefficient (Wildman–Crippen LogP) is -3.28. The summed E-state index contributed by atoms with van der Waals surface area (Å²) in [6, 6.07) is 0. The van der Waals surface area contributed by atoms with Gasteiger partial charge < -0.3 is 39.9 Å². The second kappa shape index (κ2) is 7.82. The maximum absolute atomic E-state index is 9.87. The molecule has 0 radical (unpaired) electrons. The van der Waals surface area contributed by atoms with E-state index in [0.29, 0.717) is 0 Å². The highest BCUT2D eigenvalue weighted by Crippen LogP contribution is 2.25. The molecule has 0 aliphatic carbocycles. The third-order valence-electron chi connectivity index (χ3n) is 1.33. The Hall–Kier alpha value is -0.380. The zero-order valence-electron chi connectivity index (χ0n) is 8.28. The van der Waals surface area contributed by atoms with Crippen molar-refractivity contribution in [2.45, 2.75) is 31.3 Å². The molecule has 0 bridgehead atoms. The SMILES string of the molecule is C[C@H](O)[C@H](O)[C@@H](O)[C@@H](O)C=O.O=P(O)(O)O. The van der Waals surface area contributed by atoms with Gasteiger partial charge in [0.2, 0.25) is 0 Å². The molecule has 0 aromatic rings. The van der Waals surface area contributed by atoms with Gasteiger partial charge in [0.1, 0.15) is 18.3 Å². The molecule has 4 atom stereocenters. The molecule has 0 aromatic carbocycles. The van der Waals surface area contributed by atoms with Gasteiger partial charge in [0.15, 0.2) is 6.29 Å². The number of hydrogen-bond acceptors (Lipinski definition) is 6. The van der Waals surface area contributed by atoms with E-state index in [4.69, 9.17) is 39.7 Å². The van der Waals surface area contributed by atoms with Crippen molar-refractivity contribution in [1.29, 1.82) is 0 Å². The number of hydrogen-bond donors (Lipinski definition) is 7. The smallest absolute Gasteiger partial charge is 0.391 e. The van der Waals surface area contributed by atoms with Gasteiger partial charge in [-0.1, -0.05) is 0 Å². The first-order valence-corrected chi connectivity index (χ1v) is 5.53. The zero-order chi connectivity index (χ0) is 13.5. The van der Waals surface area contributed by atoms with Crippen molar-refractivity contribution in [3.63, 3.8) is 0 Å². The number of aldehydes is 1. The van der Waals surface area contributed by atoms with E-state index in [2.05, 4.69) is 0 Å². The van der Waals surface area contributed by atoms with E-state index in [9.17, 15) is 4.79 Å². The average Bonchev–Trinajstić information content (AvgIpc) is 2.11. The Morgan fingerprint density at radius 3 is 1.50 bits per heavy atom. The van der Waals surface area contributed by atoms with Crippen molar-refractivity contribution in [3.05, 3.63) is 0 Å². The number of carbonyl (C=O) groups excluding carboxylic acids is 1. The quantitative estimate of drug-likeness (QED) is 0.202. The molecule has 0 unspecified atom stereocenters. The lowest BCUT2D eigenvalue weighted by molar-refractivity contribution is -0.132. The van der Waals surface area contributed by atoms with Gasteiger partial charge in [0, 0.05) is 0 Å². The Kier molecular flexibility index (Phi) is 8.80. The Bertz CT molecular complexity index is 228. The van der Waals surface area contributed by atoms with Crippen LogP contribution < -0.4 is 0 Å². The summed E-state index contributed by atoms with van der Waals surface area (Å²) in [5.41, 5.74) is 0. The number of aliphatic hydroxyl groups is 4. The Balaban J connectivity index is 0. The molecule has 0 aliphatic rings. The average molecular weight is 262 g/mol. The van der Waals surface area contributed by atoms with E-state index in [1.54, 1.807) is 0 Å². The molecule has 10 heteroatoms. The van der Waals surface area contributed by atoms with E-state index in [-0.39, 0.29) is 6.29 Å². The predicted molar refractivity (Wildman–Crippen MR) is 50.0 cm³/mol. The van der Waals surface area contributed by atoms with Gasteiger partial charge in [-0.15, -0.1) is 0 Å². The molecular weight excluding hydrogens is 247 g/mol. The molecule has 0 spiro atoms. The van der Waals surface area contributed by atoms with Crippen LogP contribution >= 0.6 is 7.82 Å². The number of aliphatic hydroxyl groups excluding tert-OH is 4. The fourth-order valence-electron chi connectivity index (χ4n) is 0.568. The third-order valence-corrected chi connectivity index (χ3v) is 1.33. The topological polar surface area (TPSA) is 176 Å². The monoisotopic (exact) mass is 262 g/mol. The zero-order valence-corrected chi connectivity index (χ0v) is 9.18. The summed E-state index contributed by atoms with van der Waals surface area (Å²) >= 11 is 0. The van der Waals surface area contributed by atoms with E-state index in [1.807, 2.05) is 0 Å². The van der Waals surface area contributed by atoms with Gasteiger partial charge in [-0.25, -0.2) is 4.57 Å². The first kappa shape index (κ1) is 18.0. The van der Waals surface area contributed by atoms with Crippen LogP contribution in [0.2, 0.25) is 0 Å². The molecular formula is C6H15O9P. The summed E-state index contributed by atoms with van der Waals surface area (Å²) in [4.78, 5) is 31.4. The lowest BCUT2D eigenvalue weighted by Gasteiger charge is -2.21. The van der Waals surface area contributed by atoms with Crippen LogP contribution in [0.4, 0.5) is 0 Å². The normalized spacial score (nSPS) is 18.8. The first-order valence-electron chi connectivity index (χ1n) is 3.96. The van der Waals surface area contributed by atoms with E-state index >= 15 is 0 Å². The maximum Gasteiger partial charge on any atom is 0.466 e. The molecule has 0 fully saturated rings. The van der Waals surface area contributed by atoms with Crippen molar-refractivity contribution in [2.75, 3.05) is 0 Å². The summed E-state index contributed by atoms with van der Waals surface area (Å²) < 4.78 is 8.88. The molecule has 0 rings (SSSR count). The van der Waals surface area contributed by atoms with Crippen molar-refractivity contribution < 1.29 is 44.5 Å². The van der Waals surface area contributed by atoms with Crippen molar-refractivity contribution in [2.24, 2.45) is 0 Å². The largest absolute Gasteiger partial charge is 0.466 e. The summed E-state index contributed by atoms with van der Waals surface area (Å²) in [6.07, 6.45) is -5.88. The summed E-state index contributed by atoms with van der Waals surface area (Å²) in [7, 11) is -4.64. The molecule has 98 valence electrons. The van der Waals surface area contributed by atoms with Crippen molar-refractivity contribution >= 4 is 14.1 Å². The molecule has 0 amide bonds. The lowest BCUT2D eigenvalue weighted by atomic mass is 10.1.